The molecule has 0 aliphatic carbocycles. The summed E-state index contributed by atoms with van der Waals surface area (Å²) < 4.78 is 5.32. The van der Waals surface area contributed by atoms with E-state index in [4.69, 9.17) is 0 Å². The lowest BCUT2D eigenvalue weighted by molar-refractivity contribution is 1.29. The largest absolute Gasteiger partial charge is 0.310 e. The molecule has 0 aliphatic rings. The maximum atomic E-state index is 2.38. The lowest BCUT2D eigenvalue weighted by Gasteiger charge is -2.26. The Kier molecular flexibility index (Phi) is 6.61. The van der Waals surface area contributed by atoms with Crippen LogP contribution >= 0.6 is 22.7 Å². The lowest BCUT2D eigenvalue weighted by atomic mass is 9.99. The number of rotatable bonds is 5. The van der Waals surface area contributed by atoms with Crippen molar-refractivity contribution in [2.45, 2.75) is 0 Å². The van der Waals surface area contributed by atoms with E-state index in [0.29, 0.717) is 0 Å². The zero-order valence-corrected chi connectivity index (χ0v) is 28.1. The SMILES string of the molecule is c1ccc(-c2ccc(N(c3ccc(-c4cccc5sc6ccccc6c45)cc3)c3ccc4c(ccc5sc6ccccc6c54)c3)cc2)cc1. The summed E-state index contributed by atoms with van der Waals surface area (Å²) in [5.41, 5.74) is 8.32. The van der Waals surface area contributed by atoms with Crippen molar-refractivity contribution >= 4 is 90.9 Å². The molecule has 3 heteroatoms. The van der Waals surface area contributed by atoms with Gasteiger partial charge in [-0.3, -0.25) is 0 Å². The van der Waals surface area contributed by atoms with Gasteiger partial charge in [-0.1, -0.05) is 115 Å². The van der Waals surface area contributed by atoms with Crippen molar-refractivity contribution in [2.75, 3.05) is 4.90 Å². The Labute approximate surface area is 292 Å². The van der Waals surface area contributed by atoms with Crippen LogP contribution in [0.3, 0.4) is 0 Å². The van der Waals surface area contributed by atoms with Crippen LogP contribution in [0.2, 0.25) is 0 Å². The normalized spacial score (nSPS) is 11.7. The van der Waals surface area contributed by atoms with Gasteiger partial charge in [-0.25, -0.2) is 0 Å². The van der Waals surface area contributed by atoms with Crippen molar-refractivity contribution in [3.8, 4) is 22.3 Å². The van der Waals surface area contributed by atoms with Gasteiger partial charge < -0.3 is 4.90 Å². The van der Waals surface area contributed by atoms with Crippen molar-refractivity contribution in [3.05, 3.63) is 176 Å². The molecule has 10 aromatic rings. The van der Waals surface area contributed by atoms with Crippen LogP contribution in [-0.4, -0.2) is 0 Å². The molecule has 0 saturated heterocycles. The topological polar surface area (TPSA) is 3.24 Å². The van der Waals surface area contributed by atoms with Crippen LogP contribution in [-0.2, 0) is 0 Å². The van der Waals surface area contributed by atoms with Crippen LogP contribution in [0.1, 0.15) is 0 Å². The molecule has 0 N–H and O–H groups in total. The van der Waals surface area contributed by atoms with E-state index < -0.39 is 0 Å². The first kappa shape index (κ1) is 28.3. The van der Waals surface area contributed by atoms with Gasteiger partial charge in [0.2, 0.25) is 0 Å². The number of anilines is 3. The predicted octanol–water partition coefficient (Wildman–Crippen LogP) is 14.4. The zero-order valence-electron chi connectivity index (χ0n) is 26.5. The van der Waals surface area contributed by atoms with E-state index in [-0.39, 0.29) is 0 Å². The molecule has 0 saturated carbocycles. The van der Waals surface area contributed by atoms with Crippen LogP contribution in [0.4, 0.5) is 17.1 Å². The Morgan fingerprint density at radius 1 is 0.327 bits per heavy atom. The third-order valence-corrected chi connectivity index (χ3v) is 11.9. The lowest BCUT2D eigenvalue weighted by Crippen LogP contribution is -2.09. The van der Waals surface area contributed by atoms with E-state index in [1.54, 1.807) is 0 Å². The number of benzene rings is 8. The summed E-state index contributed by atoms with van der Waals surface area (Å²) in [6, 6.07) is 64.4. The third-order valence-electron chi connectivity index (χ3n) is 9.67. The van der Waals surface area contributed by atoms with Gasteiger partial charge in [-0.05, 0) is 93.7 Å². The zero-order chi connectivity index (χ0) is 32.3. The fourth-order valence-corrected chi connectivity index (χ4v) is 9.62. The Morgan fingerprint density at radius 3 is 1.59 bits per heavy atom. The number of fused-ring (bicyclic) bond motifs is 8. The first-order valence-electron chi connectivity index (χ1n) is 16.6. The number of nitrogens with zero attached hydrogens (tertiary/aromatic N) is 1. The summed E-state index contributed by atoms with van der Waals surface area (Å²) in [5.74, 6) is 0. The van der Waals surface area contributed by atoms with Crippen molar-refractivity contribution in [1.29, 1.82) is 0 Å². The maximum Gasteiger partial charge on any atom is 0.0468 e. The summed E-state index contributed by atoms with van der Waals surface area (Å²) in [4.78, 5) is 2.38. The molecule has 0 spiro atoms. The second-order valence-corrected chi connectivity index (χ2v) is 14.7. The third kappa shape index (κ3) is 4.74. The smallest absolute Gasteiger partial charge is 0.0468 e. The van der Waals surface area contributed by atoms with Gasteiger partial charge >= 0.3 is 0 Å². The number of thiophene rings is 2. The van der Waals surface area contributed by atoms with E-state index in [1.807, 2.05) is 22.7 Å². The van der Waals surface area contributed by atoms with Gasteiger partial charge in [-0.15, -0.1) is 22.7 Å². The summed E-state index contributed by atoms with van der Waals surface area (Å²) in [6.07, 6.45) is 0. The van der Waals surface area contributed by atoms with E-state index in [1.165, 1.54) is 73.4 Å². The van der Waals surface area contributed by atoms with Gasteiger partial charge in [0, 0.05) is 57.4 Å². The van der Waals surface area contributed by atoms with Crippen LogP contribution in [0.25, 0.3) is 73.4 Å². The standard InChI is InChI=1S/C46H29NS2/c1-2-9-30(10-3-1)31-17-22-34(23-18-31)47(36-26-27-38-33(29-36)21-28-44-46(38)40-12-5-7-15-42(40)49-44)35-24-19-32(20-25-35)37-13-8-16-43-45(37)39-11-4-6-14-41(39)48-43/h1-29H. The van der Waals surface area contributed by atoms with E-state index in [9.17, 15) is 0 Å². The molecule has 0 amide bonds. The van der Waals surface area contributed by atoms with Gasteiger partial charge in [0.1, 0.15) is 0 Å². The number of hydrogen-bond donors (Lipinski definition) is 0. The summed E-state index contributed by atoms with van der Waals surface area (Å²) >= 11 is 3.74. The van der Waals surface area contributed by atoms with Crippen LogP contribution in [0.15, 0.2) is 176 Å². The summed E-state index contributed by atoms with van der Waals surface area (Å²) in [7, 11) is 0. The van der Waals surface area contributed by atoms with Gasteiger partial charge in [0.05, 0.1) is 0 Å². The Bertz CT molecular complexity index is 2810. The van der Waals surface area contributed by atoms with E-state index in [0.717, 1.165) is 17.1 Å². The highest BCUT2D eigenvalue weighted by Gasteiger charge is 2.17. The molecule has 0 unspecified atom stereocenters. The molecule has 0 radical (unpaired) electrons. The molecule has 0 aliphatic heterocycles. The van der Waals surface area contributed by atoms with Crippen molar-refractivity contribution in [1.82, 2.24) is 0 Å². The Hall–Kier alpha value is -5.74. The van der Waals surface area contributed by atoms with E-state index >= 15 is 0 Å². The highest BCUT2D eigenvalue weighted by molar-refractivity contribution is 7.26. The molecule has 2 aromatic heterocycles. The van der Waals surface area contributed by atoms with Gasteiger partial charge in [-0.2, -0.15) is 0 Å². The second-order valence-electron chi connectivity index (χ2n) is 12.5. The molecule has 2 heterocycles. The maximum absolute atomic E-state index is 2.38. The van der Waals surface area contributed by atoms with E-state index in [2.05, 4.69) is 181 Å². The number of hydrogen-bond acceptors (Lipinski definition) is 3. The monoisotopic (exact) mass is 659 g/mol. The molecular formula is C46H29NS2. The molecule has 1 nitrogen and oxygen atoms in total. The van der Waals surface area contributed by atoms with Crippen LogP contribution < -0.4 is 4.90 Å². The van der Waals surface area contributed by atoms with Crippen molar-refractivity contribution < 1.29 is 0 Å². The fourth-order valence-electron chi connectivity index (χ4n) is 7.37. The van der Waals surface area contributed by atoms with Crippen molar-refractivity contribution in [2.24, 2.45) is 0 Å². The predicted molar refractivity (Wildman–Crippen MR) is 215 cm³/mol. The molecular weight excluding hydrogens is 631 g/mol. The first-order chi connectivity index (χ1) is 24.3. The molecule has 10 rings (SSSR count). The molecule has 49 heavy (non-hydrogen) atoms. The van der Waals surface area contributed by atoms with Crippen LogP contribution in [0, 0.1) is 0 Å². The second kappa shape index (κ2) is 11.5. The van der Waals surface area contributed by atoms with Crippen LogP contribution in [0.5, 0.6) is 0 Å². The highest BCUT2D eigenvalue weighted by Crippen LogP contribution is 2.44. The Balaban J connectivity index is 1.11. The van der Waals surface area contributed by atoms with Gasteiger partial charge in [0.25, 0.3) is 0 Å². The minimum Gasteiger partial charge on any atom is -0.310 e. The molecule has 0 bridgehead atoms. The van der Waals surface area contributed by atoms with Crippen molar-refractivity contribution in [3.63, 3.8) is 0 Å². The quantitative estimate of drug-likeness (QED) is 0.178. The summed E-state index contributed by atoms with van der Waals surface area (Å²) in [5, 5.41) is 7.88. The summed E-state index contributed by atoms with van der Waals surface area (Å²) in [6.45, 7) is 0. The fraction of sp³-hybridized carbons (Fsp3) is 0. The molecule has 0 fully saturated rings. The highest BCUT2D eigenvalue weighted by atomic mass is 32.1. The molecule has 230 valence electrons. The molecule has 0 atom stereocenters. The average Bonchev–Trinajstić information content (AvgIpc) is 3.75. The average molecular weight is 660 g/mol. The van der Waals surface area contributed by atoms with Gasteiger partial charge in [0.15, 0.2) is 0 Å². The molecule has 8 aromatic carbocycles. The minimum absolute atomic E-state index is 1.12. The Morgan fingerprint density at radius 2 is 0.878 bits per heavy atom. The first-order valence-corrected chi connectivity index (χ1v) is 18.2. The minimum atomic E-state index is 1.12.